The van der Waals surface area contributed by atoms with Gasteiger partial charge in [-0.1, -0.05) is 133 Å². The molecule has 3 nitrogen and oxygen atoms in total. The van der Waals surface area contributed by atoms with Crippen molar-refractivity contribution in [3.8, 4) is 50.6 Å². The quantitative estimate of drug-likeness (QED) is 0.172. The molecule has 0 unspecified atom stereocenters. The molecule has 0 spiro atoms. The molecule has 0 atom stereocenters. The number of fused-ring (bicyclic) bond motifs is 5. The molecule has 0 fully saturated rings. The first-order valence-electron chi connectivity index (χ1n) is 18.8. The zero-order valence-corrected chi connectivity index (χ0v) is 29.9. The third kappa shape index (κ3) is 5.20. The van der Waals surface area contributed by atoms with Crippen molar-refractivity contribution in [2.75, 3.05) is 4.90 Å². The Balaban J connectivity index is 1.07. The van der Waals surface area contributed by atoms with E-state index in [0.29, 0.717) is 0 Å². The summed E-state index contributed by atoms with van der Waals surface area (Å²) in [5.74, 6) is 1.78. The highest BCUT2D eigenvalue weighted by Crippen LogP contribution is 2.48. The number of hydrogen-bond acceptors (Lipinski definition) is 2. The van der Waals surface area contributed by atoms with Crippen molar-refractivity contribution < 1.29 is 4.74 Å². The van der Waals surface area contributed by atoms with Crippen LogP contribution < -0.4 is 9.64 Å². The molecule has 0 aliphatic carbocycles. The van der Waals surface area contributed by atoms with Crippen molar-refractivity contribution in [3.05, 3.63) is 206 Å². The van der Waals surface area contributed by atoms with Crippen LogP contribution in [0.2, 0.25) is 0 Å². The monoisotopic (exact) mass is 702 g/mol. The summed E-state index contributed by atoms with van der Waals surface area (Å²) in [6.07, 6.45) is 0. The van der Waals surface area contributed by atoms with Gasteiger partial charge in [0.2, 0.25) is 0 Å². The molecule has 0 amide bonds. The highest BCUT2D eigenvalue weighted by molar-refractivity contribution is 6.10. The lowest BCUT2D eigenvalue weighted by molar-refractivity contribution is 0.487. The maximum Gasteiger partial charge on any atom is 0.135 e. The minimum Gasteiger partial charge on any atom is -0.456 e. The summed E-state index contributed by atoms with van der Waals surface area (Å²) in [7, 11) is 0. The van der Waals surface area contributed by atoms with Crippen LogP contribution in [-0.4, -0.2) is 4.57 Å². The lowest BCUT2D eigenvalue weighted by Gasteiger charge is -2.27. The first-order valence-corrected chi connectivity index (χ1v) is 18.8. The van der Waals surface area contributed by atoms with Crippen molar-refractivity contribution in [1.29, 1.82) is 0 Å². The van der Waals surface area contributed by atoms with Crippen LogP contribution in [0.15, 0.2) is 206 Å². The summed E-state index contributed by atoms with van der Waals surface area (Å²) in [6.45, 7) is 0. The van der Waals surface area contributed by atoms with Gasteiger partial charge in [0, 0.05) is 44.5 Å². The zero-order valence-electron chi connectivity index (χ0n) is 29.9. The van der Waals surface area contributed by atoms with E-state index in [-0.39, 0.29) is 0 Å². The highest BCUT2D eigenvalue weighted by Gasteiger charge is 2.22. The molecule has 0 bridgehead atoms. The maximum atomic E-state index is 6.58. The maximum absolute atomic E-state index is 6.58. The lowest BCUT2D eigenvalue weighted by Crippen LogP contribution is -2.10. The van der Waals surface area contributed by atoms with Crippen LogP contribution in [0.4, 0.5) is 17.1 Å². The van der Waals surface area contributed by atoms with E-state index in [1.54, 1.807) is 0 Å². The number of ether oxygens (including phenoxy) is 1. The fourth-order valence-corrected chi connectivity index (χ4v) is 8.40. The number of aromatic nitrogens is 1. The van der Waals surface area contributed by atoms with Crippen LogP contribution in [0.5, 0.6) is 11.5 Å². The molecule has 0 radical (unpaired) electrons. The van der Waals surface area contributed by atoms with E-state index in [0.717, 1.165) is 56.5 Å². The Labute approximate surface area is 319 Å². The summed E-state index contributed by atoms with van der Waals surface area (Å²) >= 11 is 0. The van der Waals surface area contributed by atoms with E-state index >= 15 is 0 Å². The van der Waals surface area contributed by atoms with Crippen LogP contribution in [-0.2, 0) is 0 Å². The van der Waals surface area contributed by atoms with Crippen LogP contribution in [0.25, 0.3) is 71.6 Å². The lowest BCUT2D eigenvalue weighted by atomic mass is 9.93. The summed E-state index contributed by atoms with van der Waals surface area (Å²) in [4.78, 5) is 2.37. The van der Waals surface area contributed by atoms with E-state index in [1.165, 1.54) is 43.8 Å². The SMILES string of the molecule is c1ccc(-c2ccc(N(c3cccc(-c4ccc5c(c4)Oc4cccc6cccc-5c46)c3)c3ccc4c5ccccc5n(-c5ccccc5)c4c3)cc2)cc1. The molecule has 0 saturated carbocycles. The Morgan fingerprint density at radius 3 is 1.85 bits per heavy atom. The Bertz CT molecular complexity index is 3050. The van der Waals surface area contributed by atoms with Crippen molar-refractivity contribution in [1.82, 2.24) is 4.57 Å². The first-order chi connectivity index (χ1) is 27.3. The number of nitrogens with zero attached hydrogens (tertiary/aromatic N) is 2. The third-order valence-corrected chi connectivity index (χ3v) is 11.0. The molecular weight excluding hydrogens is 669 g/mol. The second-order valence-electron chi connectivity index (χ2n) is 14.2. The minimum atomic E-state index is 0.877. The molecule has 10 aromatic rings. The van der Waals surface area contributed by atoms with Gasteiger partial charge < -0.3 is 14.2 Å². The number of para-hydroxylation sites is 2. The van der Waals surface area contributed by atoms with Crippen molar-refractivity contribution in [3.63, 3.8) is 0 Å². The van der Waals surface area contributed by atoms with Crippen molar-refractivity contribution in [2.45, 2.75) is 0 Å². The fourth-order valence-electron chi connectivity index (χ4n) is 8.40. The second kappa shape index (κ2) is 12.6. The van der Waals surface area contributed by atoms with Gasteiger partial charge in [0.1, 0.15) is 11.5 Å². The van der Waals surface area contributed by atoms with Crippen LogP contribution in [0.3, 0.4) is 0 Å². The van der Waals surface area contributed by atoms with Crippen LogP contribution in [0, 0.1) is 0 Å². The van der Waals surface area contributed by atoms with E-state index in [2.05, 4.69) is 216 Å². The summed E-state index contributed by atoms with van der Waals surface area (Å²) < 4.78 is 8.96. The van der Waals surface area contributed by atoms with Crippen molar-refractivity contribution >= 4 is 49.6 Å². The Morgan fingerprint density at radius 2 is 1.00 bits per heavy atom. The molecule has 3 heteroatoms. The van der Waals surface area contributed by atoms with E-state index in [4.69, 9.17) is 4.74 Å². The molecule has 1 aliphatic rings. The summed E-state index contributed by atoms with van der Waals surface area (Å²) in [6, 6.07) is 73.9. The molecular formula is C52H34N2O. The molecule has 1 aromatic heterocycles. The zero-order chi connectivity index (χ0) is 36.3. The van der Waals surface area contributed by atoms with E-state index in [1.807, 2.05) is 0 Å². The van der Waals surface area contributed by atoms with Gasteiger partial charge in [-0.2, -0.15) is 0 Å². The van der Waals surface area contributed by atoms with Crippen LogP contribution in [0.1, 0.15) is 0 Å². The molecule has 1 aliphatic heterocycles. The normalized spacial score (nSPS) is 11.8. The van der Waals surface area contributed by atoms with Gasteiger partial charge in [-0.25, -0.2) is 0 Å². The average Bonchev–Trinajstić information content (AvgIpc) is 3.58. The van der Waals surface area contributed by atoms with Gasteiger partial charge in [-0.3, -0.25) is 0 Å². The molecule has 258 valence electrons. The van der Waals surface area contributed by atoms with Gasteiger partial charge in [-0.15, -0.1) is 0 Å². The highest BCUT2D eigenvalue weighted by atomic mass is 16.5. The largest absolute Gasteiger partial charge is 0.456 e. The Kier molecular flexibility index (Phi) is 7.17. The first kappa shape index (κ1) is 31.2. The van der Waals surface area contributed by atoms with Gasteiger partial charge in [0.15, 0.2) is 0 Å². The fraction of sp³-hybridized carbons (Fsp3) is 0. The number of benzene rings is 9. The summed E-state index contributed by atoms with van der Waals surface area (Å²) in [5.41, 5.74) is 13.7. The van der Waals surface area contributed by atoms with Gasteiger partial charge in [0.05, 0.1) is 11.0 Å². The Morgan fingerprint density at radius 1 is 0.364 bits per heavy atom. The topological polar surface area (TPSA) is 17.4 Å². The number of hydrogen-bond donors (Lipinski definition) is 0. The third-order valence-electron chi connectivity index (χ3n) is 11.0. The van der Waals surface area contributed by atoms with Gasteiger partial charge in [-0.05, 0) is 106 Å². The summed E-state index contributed by atoms with van der Waals surface area (Å²) in [5, 5.41) is 4.82. The molecule has 0 saturated heterocycles. The second-order valence-corrected chi connectivity index (χ2v) is 14.2. The predicted octanol–water partition coefficient (Wildman–Crippen LogP) is 14.5. The molecule has 55 heavy (non-hydrogen) atoms. The minimum absolute atomic E-state index is 0.877. The van der Waals surface area contributed by atoms with Gasteiger partial charge >= 0.3 is 0 Å². The van der Waals surface area contributed by atoms with E-state index in [9.17, 15) is 0 Å². The molecule has 9 aromatic carbocycles. The smallest absolute Gasteiger partial charge is 0.135 e. The molecule has 11 rings (SSSR count). The predicted molar refractivity (Wildman–Crippen MR) is 229 cm³/mol. The van der Waals surface area contributed by atoms with Crippen molar-refractivity contribution in [2.24, 2.45) is 0 Å². The Hall–Kier alpha value is -7.36. The molecule has 2 heterocycles. The number of rotatable bonds is 6. The molecule has 0 N–H and O–H groups in total. The standard InChI is InChI=1S/C52H34N2O/c1-3-12-35(13-4-1)36-24-27-41(28-25-36)53(43-29-31-45-44-20-7-8-22-48(44)54(49(45)34-43)40-17-5-2-6-18-40)42-19-9-16-38(32-42)39-26-30-46-47-21-10-14-37-15-11-23-50(52(37)47)55-51(46)33-39/h1-34H. The van der Waals surface area contributed by atoms with Gasteiger partial charge in [0.25, 0.3) is 0 Å². The van der Waals surface area contributed by atoms with Crippen LogP contribution >= 0.6 is 0 Å². The average molecular weight is 703 g/mol. The van der Waals surface area contributed by atoms with E-state index < -0.39 is 0 Å². The number of anilines is 3.